The van der Waals surface area contributed by atoms with E-state index in [-0.39, 0.29) is 5.91 Å². The predicted octanol–water partition coefficient (Wildman–Crippen LogP) is 2.58. The molecule has 0 unspecified atom stereocenters. The van der Waals surface area contributed by atoms with E-state index in [2.05, 4.69) is 46.6 Å². The van der Waals surface area contributed by atoms with E-state index in [9.17, 15) is 10.1 Å². The second kappa shape index (κ2) is 6.55. The molecule has 2 aliphatic rings. The molecule has 4 heteroatoms. The van der Waals surface area contributed by atoms with Crippen molar-refractivity contribution in [1.29, 1.82) is 5.26 Å². The molecule has 0 aromatic heterocycles. The van der Waals surface area contributed by atoms with E-state index in [4.69, 9.17) is 0 Å². The first kappa shape index (κ1) is 15.8. The van der Waals surface area contributed by atoms with Gasteiger partial charge in [-0.05, 0) is 43.2 Å². The molecule has 0 spiro atoms. The molecule has 1 amide bonds. The van der Waals surface area contributed by atoms with Gasteiger partial charge in [0.1, 0.15) is 5.54 Å². The van der Waals surface area contributed by atoms with Crippen molar-refractivity contribution in [2.45, 2.75) is 31.7 Å². The number of nitrogens with zero attached hydrogens (tertiary/aromatic N) is 2. The Bertz CT molecular complexity index is 642. The molecule has 1 fully saturated rings. The van der Waals surface area contributed by atoms with Crippen molar-refractivity contribution in [3.05, 3.63) is 42.0 Å². The highest BCUT2D eigenvalue weighted by atomic mass is 16.2. The van der Waals surface area contributed by atoms with Gasteiger partial charge in [0.15, 0.2) is 0 Å². The molecular formula is C19H23N3O. The highest BCUT2D eigenvalue weighted by molar-refractivity contribution is 5.79. The Morgan fingerprint density at radius 3 is 2.70 bits per heavy atom. The molecule has 4 nitrogen and oxygen atoms in total. The van der Waals surface area contributed by atoms with Crippen LogP contribution < -0.4 is 5.32 Å². The van der Waals surface area contributed by atoms with Gasteiger partial charge in [-0.15, -0.1) is 0 Å². The van der Waals surface area contributed by atoms with Crippen LogP contribution >= 0.6 is 0 Å². The van der Waals surface area contributed by atoms with Gasteiger partial charge in [0.25, 0.3) is 0 Å². The molecular weight excluding hydrogens is 286 g/mol. The highest BCUT2D eigenvalue weighted by Crippen LogP contribution is 2.39. The number of carbonyl (C=O) groups excluding carboxylic acids is 1. The number of benzene rings is 1. The first-order valence-corrected chi connectivity index (χ1v) is 8.30. The Labute approximate surface area is 137 Å². The van der Waals surface area contributed by atoms with E-state index in [1.165, 1.54) is 11.1 Å². The average molecular weight is 309 g/mol. The number of nitriles is 1. The van der Waals surface area contributed by atoms with Crippen LogP contribution in [0.3, 0.4) is 0 Å². The van der Waals surface area contributed by atoms with Crippen molar-refractivity contribution in [3.8, 4) is 6.07 Å². The van der Waals surface area contributed by atoms with E-state index in [1.807, 2.05) is 13.0 Å². The second-order valence-electron chi connectivity index (χ2n) is 6.72. The first-order valence-electron chi connectivity index (χ1n) is 8.30. The molecule has 120 valence electrons. The van der Waals surface area contributed by atoms with Crippen LogP contribution in [-0.2, 0) is 4.79 Å². The third-order valence-electron chi connectivity index (χ3n) is 4.83. The van der Waals surface area contributed by atoms with Crippen LogP contribution in [0, 0.1) is 17.2 Å². The van der Waals surface area contributed by atoms with E-state index in [0.717, 1.165) is 32.4 Å². The minimum Gasteiger partial charge on any atom is -0.337 e. The van der Waals surface area contributed by atoms with Crippen LogP contribution in [0.4, 0.5) is 0 Å². The van der Waals surface area contributed by atoms with Gasteiger partial charge in [0.2, 0.25) is 5.91 Å². The molecule has 1 N–H and O–H groups in total. The van der Waals surface area contributed by atoms with Crippen LogP contribution in [0.15, 0.2) is 36.4 Å². The number of hydrogen-bond donors (Lipinski definition) is 1. The highest BCUT2D eigenvalue weighted by Gasteiger charge is 2.43. The molecule has 1 saturated carbocycles. The first-order chi connectivity index (χ1) is 11.1. The summed E-state index contributed by atoms with van der Waals surface area (Å²) in [6.45, 7) is 3.86. The average Bonchev–Trinajstić information content (AvgIpc) is 3.41. The lowest BCUT2D eigenvalue weighted by atomic mass is 9.97. The lowest BCUT2D eigenvalue weighted by Crippen LogP contribution is -2.50. The Kier molecular flexibility index (Phi) is 4.49. The molecule has 3 rings (SSSR count). The zero-order chi connectivity index (χ0) is 16.3. The van der Waals surface area contributed by atoms with Crippen LogP contribution in [-0.4, -0.2) is 36.0 Å². The molecule has 0 radical (unpaired) electrons. The van der Waals surface area contributed by atoms with Crippen LogP contribution in [0.2, 0.25) is 0 Å². The van der Waals surface area contributed by atoms with Crippen molar-refractivity contribution in [1.82, 2.24) is 10.2 Å². The van der Waals surface area contributed by atoms with Crippen molar-refractivity contribution in [2.24, 2.45) is 5.92 Å². The molecule has 0 bridgehead atoms. The zero-order valence-electron chi connectivity index (χ0n) is 13.6. The number of nitrogens with one attached hydrogen (secondary N) is 1. The standard InChI is InChI=1S/C19H23N3O/c1-19(14-20,17-7-8-17)21-18(23)13-22-11-9-16(10-12-22)15-5-3-2-4-6-15/h2-6,9,17H,7-8,10-13H2,1H3,(H,21,23)/t19-/m0/s1. The lowest BCUT2D eigenvalue weighted by Gasteiger charge is -2.28. The Balaban J connectivity index is 1.53. The van der Waals surface area contributed by atoms with Gasteiger partial charge in [-0.25, -0.2) is 0 Å². The zero-order valence-corrected chi connectivity index (χ0v) is 13.6. The Morgan fingerprint density at radius 2 is 2.13 bits per heavy atom. The van der Waals surface area contributed by atoms with Crippen molar-refractivity contribution < 1.29 is 4.79 Å². The maximum atomic E-state index is 12.2. The summed E-state index contributed by atoms with van der Waals surface area (Å²) in [6.07, 6.45) is 5.24. The summed E-state index contributed by atoms with van der Waals surface area (Å²) in [5, 5.41) is 12.3. The summed E-state index contributed by atoms with van der Waals surface area (Å²) in [5.41, 5.74) is 1.92. The smallest absolute Gasteiger partial charge is 0.235 e. The topological polar surface area (TPSA) is 56.1 Å². The van der Waals surface area contributed by atoms with Crippen LogP contribution in [0.5, 0.6) is 0 Å². The summed E-state index contributed by atoms with van der Waals surface area (Å²) in [7, 11) is 0. The Morgan fingerprint density at radius 1 is 1.39 bits per heavy atom. The molecule has 1 aromatic carbocycles. The minimum absolute atomic E-state index is 0.0440. The van der Waals surface area contributed by atoms with Crippen molar-refractivity contribution >= 4 is 11.5 Å². The Hall–Kier alpha value is -2.12. The van der Waals surface area contributed by atoms with Crippen molar-refractivity contribution in [2.75, 3.05) is 19.6 Å². The third kappa shape index (κ3) is 3.80. The number of hydrogen-bond acceptors (Lipinski definition) is 3. The van der Waals surface area contributed by atoms with Gasteiger partial charge in [0.05, 0.1) is 12.6 Å². The monoisotopic (exact) mass is 309 g/mol. The summed E-state index contributed by atoms with van der Waals surface area (Å²) >= 11 is 0. The normalized spacial score (nSPS) is 21.0. The number of carbonyl (C=O) groups is 1. The van der Waals surface area contributed by atoms with E-state index >= 15 is 0 Å². The lowest BCUT2D eigenvalue weighted by molar-refractivity contribution is -0.123. The maximum absolute atomic E-state index is 12.2. The molecule has 1 atom stereocenters. The van der Waals surface area contributed by atoms with Gasteiger partial charge in [0, 0.05) is 13.1 Å². The van der Waals surface area contributed by atoms with Gasteiger partial charge in [-0.3, -0.25) is 9.69 Å². The van der Waals surface area contributed by atoms with Gasteiger partial charge < -0.3 is 5.32 Å². The summed E-state index contributed by atoms with van der Waals surface area (Å²) in [6, 6.07) is 12.7. The summed E-state index contributed by atoms with van der Waals surface area (Å²) < 4.78 is 0. The van der Waals surface area contributed by atoms with Crippen LogP contribution in [0.25, 0.3) is 5.57 Å². The van der Waals surface area contributed by atoms with Gasteiger partial charge >= 0.3 is 0 Å². The van der Waals surface area contributed by atoms with Crippen molar-refractivity contribution in [3.63, 3.8) is 0 Å². The van der Waals surface area contributed by atoms with E-state index < -0.39 is 5.54 Å². The fourth-order valence-electron chi connectivity index (χ4n) is 3.18. The molecule has 0 saturated heterocycles. The summed E-state index contributed by atoms with van der Waals surface area (Å²) in [4.78, 5) is 14.4. The fourth-order valence-corrected chi connectivity index (χ4v) is 3.18. The van der Waals surface area contributed by atoms with E-state index in [0.29, 0.717) is 12.5 Å². The largest absolute Gasteiger partial charge is 0.337 e. The second-order valence-corrected chi connectivity index (χ2v) is 6.72. The molecule has 23 heavy (non-hydrogen) atoms. The van der Waals surface area contributed by atoms with Gasteiger partial charge in [-0.1, -0.05) is 36.4 Å². The fraction of sp³-hybridized carbons (Fsp3) is 0.474. The molecule has 1 aromatic rings. The van der Waals surface area contributed by atoms with Crippen LogP contribution in [0.1, 0.15) is 31.7 Å². The maximum Gasteiger partial charge on any atom is 0.235 e. The number of amides is 1. The van der Waals surface area contributed by atoms with Gasteiger partial charge in [-0.2, -0.15) is 5.26 Å². The molecule has 1 aliphatic heterocycles. The third-order valence-corrected chi connectivity index (χ3v) is 4.83. The minimum atomic E-state index is -0.697. The quantitative estimate of drug-likeness (QED) is 0.909. The predicted molar refractivity (Wildman–Crippen MR) is 90.4 cm³/mol. The molecule has 1 aliphatic carbocycles. The SMILES string of the molecule is C[C@@](C#N)(NC(=O)CN1CC=C(c2ccccc2)CC1)C1CC1. The summed E-state index contributed by atoms with van der Waals surface area (Å²) in [5.74, 6) is 0.278. The number of rotatable bonds is 5. The molecule has 1 heterocycles. The van der Waals surface area contributed by atoms with E-state index in [1.54, 1.807) is 0 Å².